The van der Waals surface area contributed by atoms with Crippen molar-refractivity contribution in [2.45, 2.75) is 52.4 Å². The number of ketones is 1. The number of amides is 1. The number of benzene rings is 1. The van der Waals surface area contributed by atoms with Gasteiger partial charge in [-0.25, -0.2) is 0 Å². The van der Waals surface area contributed by atoms with Gasteiger partial charge in [-0.05, 0) is 31.7 Å². The molecule has 136 valence electrons. The molecule has 1 amide bonds. The Hall–Kier alpha value is -2.17. The van der Waals surface area contributed by atoms with E-state index in [1.165, 1.54) is 5.56 Å². The van der Waals surface area contributed by atoms with E-state index < -0.39 is 11.4 Å². The van der Waals surface area contributed by atoms with Crippen molar-refractivity contribution >= 4 is 17.7 Å². The Morgan fingerprint density at radius 2 is 1.84 bits per heavy atom. The molecule has 1 aliphatic rings. The lowest BCUT2D eigenvalue weighted by atomic mass is 9.90. The number of unbranched alkanes of at least 4 members (excludes halogenated alkanes) is 1. The van der Waals surface area contributed by atoms with Crippen molar-refractivity contribution in [1.82, 2.24) is 4.90 Å². The third-order valence-electron chi connectivity index (χ3n) is 5.00. The van der Waals surface area contributed by atoms with Gasteiger partial charge in [0.05, 0.1) is 5.41 Å². The average Bonchev–Trinajstić information content (AvgIpc) is 3.02. The standard InChI is InChI=1S/C20H27NO4/c1-3-4-5-15-6-8-16(9-7-15)17(22)10-11-18(23)21-13-12-20(2,14-21)19(24)25/h6-9H,3-5,10-14H2,1-2H3,(H,24,25). The van der Waals surface area contributed by atoms with E-state index in [2.05, 4.69) is 6.92 Å². The summed E-state index contributed by atoms with van der Waals surface area (Å²) in [7, 11) is 0. The average molecular weight is 345 g/mol. The first-order valence-corrected chi connectivity index (χ1v) is 8.99. The lowest BCUT2D eigenvalue weighted by Crippen LogP contribution is -2.34. The monoisotopic (exact) mass is 345 g/mol. The number of carboxylic acid groups (broad SMARTS) is 1. The van der Waals surface area contributed by atoms with Crippen molar-refractivity contribution in [3.8, 4) is 0 Å². The van der Waals surface area contributed by atoms with Gasteiger partial charge in [0.2, 0.25) is 5.91 Å². The summed E-state index contributed by atoms with van der Waals surface area (Å²) >= 11 is 0. The van der Waals surface area contributed by atoms with Crippen LogP contribution in [-0.4, -0.2) is 40.8 Å². The molecule has 0 bridgehead atoms. The summed E-state index contributed by atoms with van der Waals surface area (Å²) < 4.78 is 0. The van der Waals surface area contributed by atoms with E-state index in [1.54, 1.807) is 11.8 Å². The van der Waals surface area contributed by atoms with Gasteiger partial charge in [0.25, 0.3) is 0 Å². The highest BCUT2D eigenvalue weighted by Crippen LogP contribution is 2.30. The van der Waals surface area contributed by atoms with Crippen LogP contribution in [0.4, 0.5) is 0 Å². The lowest BCUT2D eigenvalue weighted by molar-refractivity contribution is -0.147. The molecule has 1 N–H and O–H groups in total. The molecule has 0 spiro atoms. The van der Waals surface area contributed by atoms with Crippen LogP contribution in [0.5, 0.6) is 0 Å². The minimum Gasteiger partial charge on any atom is -0.481 e. The molecule has 2 rings (SSSR count). The topological polar surface area (TPSA) is 74.7 Å². The van der Waals surface area contributed by atoms with Crippen LogP contribution in [0.3, 0.4) is 0 Å². The number of nitrogens with zero attached hydrogens (tertiary/aromatic N) is 1. The van der Waals surface area contributed by atoms with E-state index in [0.717, 1.165) is 19.3 Å². The number of aliphatic carboxylic acids is 1. The van der Waals surface area contributed by atoms with Crippen molar-refractivity contribution in [1.29, 1.82) is 0 Å². The van der Waals surface area contributed by atoms with Crippen LogP contribution in [0.1, 0.15) is 61.9 Å². The highest BCUT2D eigenvalue weighted by atomic mass is 16.4. The Labute approximate surface area is 149 Å². The maximum atomic E-state index is 12.3. The van der Waals surface area contributed by atoms with Gasteiger partial charge < -0.3 is 10.0 Å². The molecule has 1 atom stereocenters. The first kappa shape index (κ1) is 19.2. The first-order valence-electron chi connectivity index (χ1n) is 8.99. The predicted molar refractivity (Wildman–Crippen MR) is 95.6 cm³/mol. The maximum absolute atomic E-state index is 12.3. The summed E-state index contributed by atoms with van der Waals surface area (Å²) in [5, 5.41) is 9.22. The Morgan fingerprint density at radius 3 is 2.40 bits per heavy atom. The molecule has 5 nitrogen and oxygen atoms in total. The zero-order valence-electron chi connectivity index (χ0n) is 15.1. The van der Waals surface area contributed by atoms with Gasteiger partial charge in [0, 0.05) is 31.5 Å². The van der Waals surface area contributed by atoms with E-state index >= 15 is 0 Å². The smallest absolute Gasteiger partial charge is 0.311 e. The molecule has 25 heavy (non-hydrogen) atoms. The third kappa shape index (κ3) is 4.91. The Morgan fingerprint density at radius 1 is 1.16 bits per heavy atom. The van der Waals surface area contributed by atoms with Gasteiger partial charge in [-0.2, -0.15) is 0 Å². The maximum Gasteiger partial charge on any atom is 0.311 e. The number of aryl methyl sites for hydroxylation is 1. The van der Waals surface area contributed by atoms with Gasteiger partial charge in [-0.3, -0.25) is 14.4 Å². The van der Waals surface area contributed by atoms with Crippen molar-refractivity contribution in [2.75, 3.05) is 13.1 Å². The van der Waals surface area contributed by atoms with E-state index in [0.29, 0.717) is 18.5 Å². The molecule has 0 radical (unpaired) electrons. The largest absolute Gasteiger partial charge is 0.481 e. The highest BCUT2D eigenvalue weighted by Gasteiger charge is 2.41. The molecule has 1 fully saturated rings. The van der Waals surface area contributed by atoms with Gasteiger partial charge in [0.1, 0.15) is 0 Å². The molecule has 1 aromatic carbocycles. The first-order chi connectivity index (χ1) is 11.9. The van der Waals surface area contributed by atoms with Gasteiger partial charge in [-0.1, -0.05) is 37.6 Å². The fourth-order valence-corrected chi connectivity index (χ4v) is 3.11. The molecule has 1 heterocycles. The molecule has 0 aromatic heterocycles. The van der Waals surface area contributed by atoms with Crippen LogP contribution >= 0.6 is 0 Å². The number of hydrogen-bond donors (Lipinski definition) is 1. The lowest BCUT2D eigenvalue weighted by Gasteiger charge is -2.20. The summed E-state index contributed by atoms with van der Waals surface area (Å²) in [5.41, 5.74) is 0.984. The molecule has 1 unspecified atom stereocenters. The van der Waals surface area contributed by atoms with Crippen LogP contribution in [0.15, 0.2) is 24.3 Å². The quantitative estimate of drug-likeness (QED) is 0.734. The number of carbonyl (C=O) groups excluding carboxylic acids is 2. The van der Waals surface area contributed by atoms with Crippen LogP contribution in [-0.2, 0) is 16.0 Å². The molecule has 1 aliphatic heterocycles. The molecule has 1 saturated heterocycles. The van der Waals surface area contributed by atoms with E-state index in [1.807, 2.05) is 24.3 Å². The number of rotatable bonds is 8. The van der Waals surface area contributed by atoms with Crippen LogP contribution in [0.25, 0.3) is 0 Å². The van der Waals surface area contributed by atoms with Crippen molar-refractivity contribution in [3.63, 3.8) is 0 Å². The highest BCUT2D eigenvalue weighted by molar-refractivity contribution is 5.98. The fourth-order valence-electron chi connectivity index (χ4n) is 3.11. The normalized spacial score (nSPS) is 19.8. The summed E-state index contributed by atoms with van der Waals surface area (Å²) in [6, 6.07) is 7.61. The molecule has 5 heteroatoms. The molecular formula is C20H27NO4. The molecule has 1 aromatic rings. The predicted octanol–water partition coefficient (Wildman–Crippen LogP) is 3.32. The number of carboxylic acids is 1. The van der Waals surface area contributed by atoms with Gasteiger partial charge in [0.15, 0.2) is 5.78 Å². The van der Waals surface area contributed by atoms with Crippen molar-refractivity contribution in [2.24, 2.45) is 5.41 Å². The Bertz CT molecular complexity index is 638. The third-order valence-corrected chi connectivity index (χ3v) is 5.00. The van der Waals surface area contributed by atoms with E-state index in [4.69, 9.17) is 0 Å². The summed E-state index contributed by atoms with van der Waals surface area (Å²) in [4.78, 5) is 37.3. The Kier molecular flexibility index (Phi) is 6.34. The second-order valence-corrected chi connectivity index (χ2v) is 7.15. The molecule has 0 aliphatic carbocycles. The summed E-state index contributed by atoms with van der Waals surface area (Å²) in [6.07, 6.45) is 4.04. The molecule has 0 saturated carbocycles. The second kappa shape index (κ2) is 8.28. The second-order valence-electron chi connectivity index (χ2n) is 7.15. The summed E-state index contributed by atoms with van der Waals surface area (Å²) in [5.74, 6) is -1.06. The van der Waals surface area contributed by atoms with Crippen LogP contribution in [0, 0.1) is 5.41 Å². The zero-order valence-corrected chi connectivity index (χ0v) is 15.1. The molecular weight excluding hydrogens is 318 g/mol. The van der Waals surface area contributed by atoms with E-state index in [-0.39, 0.29) is 31.1 Å². The SMILES string of the molecule is CCCCc1ccc(C(=O)CCC(=O)N2CCC(C)(C(=O)O)C2)cc1. The zero-order chi connectivity index (χ0) is 18.4. The number of Topliss-reactive ketones (excluding diaryl/α,β-unsaturated/α-hetero) is 1. The number of likely N-dealkylation sites (tertiary alicyclic amines) is 1. The summed E-state index contributed by atoms with van der Waals surface area (Å²) in [6.45, 7) is 4.48. The number of carbonyl (C=O) groups is 3. The van der Waals surface area contributed by atoms with Gasteiger partial charge in [-0.15, -0.1) is 0 Å². The van der Waals surface area contributed by atoms with Crippen LogP contribution in [0.2, 0.25) is 0 Å². The van der Waals surface area contributed by atoms with Crippen molar-refractivity contribution in [3.05, 3.63) is 35.4 Å². The van der Waals surface area contributed by atoms with Crippen molar-refractivity contribution < 1.29 is 19.5 Å². The van der Waals surface area contributed by atoms with E-state index in [9.17, 15) is 19.5 Å². The van der Waals surface area contributed by atoms with Gasteiger partial charge >= 0.3 is 5.97 Å². The fraction of sp³-hybridized carbons (Fsp3) is 0.550. The number of hydrogen-bond acceptors (Lipinski definition) is 3. The van der Waals surface area contributed by atoms with Crippen LogP contribution < -0.4 is 0 Å². The Balaban J connectivity index is 1.83. The minimum atomic E-state index is -0.873. The minimum absolute atomic E-state index is 0.0458.